The van der Waals surface area contributed by atoms with Crippen LogP contribution in [0, 0.1) is 6.92 Å². The Hall–Kier alpha value is -3.38. The van der Waals surface area contributed by atoms with Crippen LogP contribution < -0.4 is 0 Å². The van der Waals surface area contributed by atoms with Crippen molar-refractivity contribution >= 4 is 23.3 Å². The molecule has 0 spiro atoms. The summed E-state index contributed by atoms with van der Waals surface area (Å²) < 4.78 is 4.06. The van der Waals surface area contributed by atoms with Crippen LogP contribution in [-0.2, 0) is 17.9 Å². The van der Waals surface area contributed by atoms with Gasteiger partial charge in [-0.25, -0.2) is 4.68 Å². The van der Waals surface area contributed by atoms with Crippen LogP contribution in [0.5, 0.6) is 0 Å². The fourth-order valence-electron chi connectivity index (χ4n) is 3.68. The van der Waals surface area contributed by atoms with Crippen molar-refractivity contribution in [1.29, 1.82) is 0 Å². The van der Waals surface area contributed by atoms with E-state index in [1.165, 1.54) is 5.56 Å². The largest absolute Gasteiger partial charge is 0.329 e. The van der Waals surface area contributed by atoms with Gasteiger partial charge in [-0.3, -0.25) is 4.79 Å². The fourth-order valence-corrected chi connectivity index (χ4v) is 4.30. The minimum atomic E-state index is 0.0111. The van der Waals surface area contributed by atoms with Crippen molar-refractivity contribution in [2.75, 3.05) is 0 Å². The topological polar surface area (TPSA) is 43.1 Å². The van der Waals surface area contributed by atoms with E-state index in [0.29, 0.717) is 13.1 Å². The lowest BCUT2D eigenvalue weighted by Gasteiger charge is -2.16. The van der Waals surface area contributed by atoms with E-state index >= 15 is 0 Å². The van der Waals surface area contributed by atoms with Gasteiger partial charge >= 0.3 is 0 Å². The molecule has 4 heterocycles. The molecule has 6 heteroatoms. The minimum Gasteiger partial charge on any atom is -0.329 e. The van der Waals surface area contributed by atoms with E-state index in [4.69, 9.17) is 5.10 Å². The molecule has 0 aliphatic carbocycles. The van der Waals surface area contributed by atoms with Gasteiger partial charge in [0.05, 0.1) is 24.5 Å². The molecular weight excluding hydrogens is 380 g/mol. The van der Waals surface area contributed by atoms with E-state index in [9.17, 15) is 4.79 Å². The molecule has 4 aromatic rings. The van der Waals surface area contributed by atoms with Crippen LogP contribution in [0.4, 0.5) is 0 Å². The predicted molar refractivity (Wildman–Crippen MR) is 115 cm³/mol. The lowest BCUT2D eigenvalue weighted by atomic mass is 10.2. The molecule has 29 heavy (non-hydrogen) atoms. The third-order valence-electron chi connectivity index (χ3n) is 5.07. The second-order valence-corrected chi connectivity index (χ2v) is 8.11. The Labute approximate surface area is 173 Å². The Morgan fingerprint density at radius 2 is 1.97 bits per heavy atom. The standard InChI is InChI=1S/C23H20N4OS/c1-17-6-4-7-18(14-17)27-23(25-11-2-3-12-25)20-15-26(16-21(20)24-27)22(28)10-9-19-8-5-13-29-19/h2-14H,15-16H2,1H3/b10-9+. The number of amides is 1. The zero-order chi connectivity index (χ0) is 19.8. The number of hydrogen-bond donors (Lipinski definition) is 0. The molecule has 5 rings (SSSR count). The second kappa shape index (κ2) is 7.22. The number of benzene rings is 1. The zero-order valence-corrected chi connectivity index (χ0v) is 16.8. The highest BCUT2D eigenvalue weighted by molar-refractivity contribution is 7.10. The molecule has 1 aliphatic heterocycles. The first-order valence-electron chi connectivity index (χ1n) is 9.51. The van der Waals surface area contributed by atoms with E-state index in [-0.39, 0.29) is 5.91 Å². The Morgan fingerprint density at radius 1 is 1.10 bits per heavy atom. The number of carbonyl (C=O) groups is 1. The summed E-state index contributed by atoms with van der Waals surface area (Å²) in [5.41, 5.74) is 4.26. The number of hydrogen-bond acceptors (Lipinski definition) is 3. The highest BCUT2D eigenvalue weighted by Crippen LogP contribution is 2.31. The van der Waals surface area contributed by atoms with Crippen LogP contribution in [-0.4, -0.2) is 25.2 Å². The summed E-state index contributed by atoms with van der Waals surface area (Å²) in [6.07, 6.45) is 7.57. The molecule has 1 amide bonds. The lowest BCUT2D eigenvalue weighted by Crippen LogP contribution is -2.24. The van der Waals surface area contributed by atoms with Gasteiger partial charge in [-0.15, -0.1) is 11.3 Å². The van der Waals surface area contributed by atoms with Crippen LogP contribution >= 0.6 is 11.3 Å². The van der Waals surface area contributed by atoms with Gasteiger partial charge < -0.3 is 9.47 Å². The molecule has 0 fully saturated rings. The van der Waals surface area contributed by atoms with Gasteiger partial charge in [-0.1, -0.05) is 18.2 Å². The Kier molecular flexibility index (Phi) is 4.41. The summed E-state index contributed by atoms with van der Waals surface area (Å²) >= 11 is 1.62. The van der Waals surface area contributed by atoms with Gasteiger partial charge in [0.15, 0.2) is 0 Å². The molecule has 0 saturated heterocycles. The number of fused-ring (bicyclic) bond motifs is 1. The molecule has 0 bridgehead atoms. The third-order valence-corrected chi connectivity index (χ3v) is 5.91. The highest BCUT2D eigenvalue weighted by Gasteiger charge is 2.30. The molecule has 0 N–H and O–H groups in total. The maximum absolute atomic E-state index is 12.7. The van der Waals surface area contributed by atoms with Crippen LogP contribution in [0.1, 0.15) is 21.7 Å². The van der Waals surface area contributed by atoms with E-state index in [1.807, 2.05) is 63.8 Å². The summed E-state index contributed by atoms with van der Waals surface area (Å²) in [5.74, 6) is 1.00. The highest BCUT2D eigenvalue weighted by atomic mass is 32.1. The summed E-state index contributed by atoms with van der Waals surface area (Å²) in [6, 6.07) is 16.3. The van der Waals surface area contributed by atoms with Crippen molar-refractivity contribution in [1.82, 2.24) is 19.2 Å². The number of thiophene rings is 1. The van der Waals surface area contributed by atoms with E-state index in [1.54, 1.807) is 17.4 Å². The number of rotatable bonds is 4. The van der Waals surface area contributed by atoms with Crippen molar-refractivity contribution in [3.8, 4) is 11.5 Å². The summed E-state index contributed by atoms with van der Waals surface area (Å²) in [4.78, 5) is 15.6. The molecule has 3 aromatic heterocycles. The summed E-state index contributed by atoms with van der Waals surface area (Å²) in [6.45, 7) is 3.16. The van der Waals surface area contributed by atoms with E-state index < -0.39 is 0 Å². The van der Waals surface area contributed by atoms with Crippen LogP contribution in [0.15, 0.2) is 72.4 Å². The molecular formula is C23H20N4OS. The number of aryl methyl sites for hydroxylation is 1. The Morgan fingerprint density at radius 3 is 2.72 bits per heavy atom. The summed E-state index contributed by atoms with van der Waals surface area (Å²) in [5, 5.41) is 6.89. The maximum Gasteiger partial charge on any atom is 0.247 e. The van der Waals surface area contributed by atoms with Gasteiger partial charge in [-0.05, 0) is 54.3 Å². The van der Waals surface area contributed by atoms with Crippen molar-refractivity contribution in [2.45, 2.75) is 20.0 Å². The number of carbonyl (C=O) groups excluding carboxylic acids is 1. The summed E-state index contributed by atoms with van der Waals surface area (Å²) in [7, 11) is 0. The van der Waals surface area contributed by atoms with E-state index in [0.717, 1.165) is 27.6 Å². The molecule has 0 saturated carbocycles. The molecule has 144 valence electrons. The van der Waals surface area contributed by atoms with E-state index in [2.05, 4.69) is 29.7 Å². The zero-order valence-electron chi connectivity index (χ0n) is 16.0. The molecule has 1 aromatic carbocycles. The maximum atomic E-state index is 12.7. The Balaban J connectivity index is 1.49. The molecule has 0 atom stereocenters. The lowest BCUT2D eigenvalue weighted by molar-refractivity contribution is -0.126. The monoisotopic (exact) mass is 400 g/mol. The van der Waals surface area contributed by atoms with Crippen molar-refractivity contribution in [2.24, 2.45) is 0 Å². The first-order valence-corrected chi connectivity index (χ1v) is 10.4. The first-order chi connectivity index (χ1) is 14.2. The van der Waals surface area contributed by atoms with Gasteiger partial charge in [0.2, 0.25) is 5.91 Å². The van der Waals surface area contributed by atoms with Gasteiger partial charge in [-0.2, -0.15) is 5.10 Å². The SMILES string of the molecule is Cc1cccc(-n2nc3c(c2-n2cccc2)CN(C(=O)/C=C/c2cccs2)C3)c1. The second-order valence-electron chi connectivity index (χ2n) is 7.13. The normalized spacial score (nSPS) is 13.3. The van der Waals surface area contributed by atoms with Gasteiger partial charge in [0.1, 0.15) is 5.82 Å². The Bertz CT molecular complexity index is 1190. The smallest absolute Gasteiger partial charge is 0.247 e. The van der Waals surface area contributed by atoms with Crippen molar-refractivity contribution in [3.63, 3.8) is 0 Å². The quantitative estimate of drug-likeness (QED) is 0.470. The molecule has 5 nitrogen and oxygen atoms in total. The molecule has 0 unspecified atom stereocenters. The average Bonchev–Trinajstić information content (AvgIpc) is 3.50. The van der Waals surface area contributed by atoms with Gasteiger partial charge in [0, 0.05) is 28.9 Å². The van der Waals surface area contributed by atoms with Crippen molar-refractivity contribution < 1.29 is 4.79 Å². The number of aromatic nitrogens is 3. The fraction of sp³-hybridized carbons (Fsp3) is 0.130. The van der Waals surface area contributed by atoms with Gasteiger partial charge in [0.25, 0.3) is 0 Å². The minimum absolute atomic E-state index is 0.0111. The third kappa shape index (κ3) is 3.32. The van der Waals surface area contributed by atoms with Crippen LogP contribution in [0.25, 0.3) is 17.6 Å². The molecule has 1 aliphatic rings. The van der Waals surface area contributed by atoms with Crippen molar-refractivity contribution in [3.05, 3.63) is 94.1 Å². The molecule has 0 radical (unpaired) electrons. The number of nitrogens with zero attached hydrogens (tertiary/aromatic N) is 4. The first kappa shape index (κ1) is 17.7. The average molecular weight is 401 g/mol. The predicted octanol–water partition coefficient (Wildman–Crippen LogP) is 4.59. The van der Waals surface area contributed by atoms with Crippen LogP contribution in [0.3, 0.4) is 0 Å². The van der Waals surface area contributed by atoms with Crippen LogP contribution in [0.2, 0.25) is 0 Å².